The summed E-state index contributed by atoms with van der Waals surface area (Å²) in [5.41, 5.74) is 1.81. The van der Waals surface area contributed by atoms with Crippen LogP contribution in [-0.2, 0) is 0 Å². The first-order valence-electron chi connectivity index (χ1n) is 5.69. The zero-order valence-electron chi connectivity index (χ0n) is 10.4. The quantitative estimate of drug-likeness (QED) is 0.836. The molecule has 2 aromatic carbocycles. The highest BCUT2D eigenvalue weighted by atomic mass is 16.5. The van der Waals surface area contributed by atoms with Gasteiger partial charge in [0.05, 0.1) is 18.2 Å². The second kappa shape index (κ2) is 5.74. The maximum atomic E-state index is 10.7. The number of carboxylic acids is 1. The zero-order chi connectivity index (χ0) is 13.7. The van der Waals surface area contributed by atoms with E-state index in [-0.39, 0.29) is 5.56 Å². The van der Waals surface area contributed by atoms with Crippen LogP contribution in [0.15, 0.2) is 48.5 Å². The molecule has 0 saturated carbocycles. The third-order valence-corrected chi connectivity index (χ3v) is 2.58. The molecule has 0 fully saturated rings. The Morgan fingerprint density at radius 1 is 1.05 bits per heavy atom. The number of carboxylic acid groups (broad SMARTS) is 1. The average molecular weight is 252 g/mol. The van der Waals surface area contributed by atoms with E-state index >= 15 is 0 Å². The van der Waals surface area contributed by atoms with Gasteiger partial charge in [-0.1, -0.05) is 24.0 Å². The largest absolute Gasteiger partial charge is 0.495 e. The standard InChI is InChI=1S/C16H12O3/c1-19-15-5-3-2-4-13(15)9-6-12-7-10-14(11-8-12)16(17)18/h2-5,7-8,10-11H,1H3,(H,17,18). The number of aromatic carboxylic acids is 1. The highest BCUT2D eigenvalue weighted by Crippen LogP contribution is 2.15. The lowest BCUT2D eigenvalue weighted by molar-refractivity contribution is 0.0697. The van der Waals surface area contributed by atoms with E-state index in [1.807, 2.05) is 24.3 Å². The fraction of sp³-hybridized carbons (Fsp3) is 0.0625. The lowest BCUT2D eigenvalue weighted by atomic mass is 10.1. The van der Waals surface area contributed by atoms with Crippen molar-refractivity contribution < 1.29 is 14.6 Å². The minimum Gasteiger partial charge on any atom is -0.495 e. The molecule has 0 aliphatic carbocycles. The van der Waals surface area contributed by atoms with Gasteiger partial charge in [0.1, 0.15) is 5.75 Å². The molecule has 0 saturated heterocycles. The van der Waals surface area contributed by atoms with Gasteiger partial charge in [-0.2, -0.15) is 0 Å². The monoisotopic (exact) mass is 252 g/mol. The molecule has 0 unspecified atom stereocenters. The molecule has 2 aromatic rings. The number of hydrogen-bond acceptors (Lipinski definition) is 2. The van der Waals surface area contributed by atoms with Gasteiger partial charge in [-0.15, -0.1) is 0 Å². The minimum absolute atomic E-state index is 0.253. The molecule has 3 heteroatoms. The van der Waals surface area contributed by atoms with Crippen LogP contribution >= 0.6 is 0 Å². The Morgan fingerprint density at radius 3 is 2.37 bits per heavy atom. The summed E-state index contributed by atoms with van der Waals surface area (Å²) in [6, 6.07) is 13.9. The summed E-state index contributed by atoms with van der Waals surface area (Å²) in [6.45, 7) is 0. The van der Waals surface area contributed by atoms with Crippen LogP contribution < -0.4 is 4.74 Å². The first kappa shape index (κ1) is 12.7. The maximum absolute atomic E-state index is 10.7. The topological polar surface area (TPSA) is 46.5 Å². The van der Waals surface area contributed by atoms with Gasteiger partial charge in [0.15, 0.2) is 0 Å². The predicted molar refractivity (Wildman–Crippen MR) is 72.4 cm³/mol. The van der Waals surface area contributed by atoms with Crippen LogP contribution in [0.4, 0.5) is 0 Å². The summed E-state index contributed by atoms with van der Waals surface area (Å²) in [5.74, 6) is 5.76. The SMILES string of the molecule is COc1ccccc1C#Cc1ccc(C(=O)O)cc1. The molecule has 0 radical (unpaired) electrons. The zero-order valence-corrected chi connectivity index (χ0v) is 10.4. The van der Waals surface area contributed by atoms with Gasteiger partial charge in [-0.25, -0.2) is 4.79 Å². The van der Waals surface area contributed by atoms with E-state index in [1.54, 1.807) is 19.2 Å². The third kappa shape index (κ3) is 3.14. The molecule has 0 atom stereocenters. The van der Waals surface area contributed by atoms with Crippen molar-refractivity contribution in [3.63, 3.8) is 0 Å². The van der Waals surface area contributed by atoms with Crippen molar-refractivity contribution in [2.45, 2.75) is 0 Å². The second-order valence-corrected chi connectivity index (χ2v) is 3.83. The smallest absolute Gasteiger partial charge is 0.335 e. The van der Waals surface area contributed by atoms with Crippen LogP contribution in [0.2, 0.25) is 0 Å². The Hall–Kier alpha value is -2.73. The van der Waals surface area contributed by atoms with Crippen LogP contribution in [0.1, 0.15) is 21.5 Å². The van der Waals surface area contributed by atoms with Crippen molar-refractivity contribution in [3.8, 4) is 17.6 Å². The first-order valence-corrected chi connectivity index (χ1v) is 5.69. The number of carbonyl (C=O) groups is 1. The van der Waals surface area contributed by atoms with Gasteiger partial charge in [0.25, 0.3) is 0 Å². The molecule has 3 nitrogen and oxygen atoms in total. The predicted octanol–water partition coefficient (Wildman–Crippen LogP) is 2.79. The van der Waals surface area contributed by atoms with Crippen molar-refractivity contribution in [1.82, 2.24) is 0 Å². The molecule has 2 rings (SSSR count). The molecule has 0 bridgehead atoms. The fourth-order valence-corrected chi connectivity index (χ4v) is 1.58. The normalized spacial score (nSPS) is 9.32. The van der Waals surface area contributed by atoms with Gasteiger partial charge in [-0.3, -0.25) is 0 Å². The third-order valence-electron chi connectivity index (χ3n) is 2.58. The number of methoxy groups -OCH3 is 1. The molecule has 19 heavy (non-hydrogen) atoms. The molecular weight excluding hydrogens is 240 g/mol. The van der Waals surface area contributed by atoms with E-state index in [0.29, 0.717) is 0 Å². The minimum atomic E-state index is -0.941. The van der Waals surface area contributed by atoms with Crippen LogP contribution in [0.5, 0.6) is 5.75 Å². The Morgan fingerprint density at radius 2 is 1.74 bits per heavy atom. The van der Waals surface area contributed by atoms with Crippen molar-refractivity contribution in [2.24, 2.45) is 0 Å². The van der Waals surface area contributed by atoms with Gasteiger partial charge < -0.3 is 9.84 Å². The number of ether oxygens (including phenoxy) is 1. The molecule has 0 aliphatic rings. The lowest BCUT2D eigenvalue weighted by Gasteiger charge is -2.01. The van der Waals surface area contributed by atoms with Crippen LogP contribution in [0.3, 0.4) is 0 Å². The molecule has 1 N–H and O–H groups in total. The molecule has 0 spiro atoms. The maximum Gasteiger partial charge on any atom is 0.335 e. The first-order chi connectivity index (χ1) is 9.20. The summed E-state index contributed by atoms with van der Waals surface area (Å²) in [5, 5.41) is 8.80. The second-order valence-electron chi connectivity index (χ2n) is 3.83. The molecule has 0 aromatic heterocycles. The van der Waals surface area contributed by atoms with Crippen LogP contribution in [-0.4, -0.2) is 18.2 Å². The molecule has 0 heterocycles. The highest BCUT2D eigenvalue weighted by molar-refractivity contribution is 5.87. The summed E-state index contributed by atoms with van der Waals surface area (Å²) in [6.07, 6.45) is 0. The average Bonchev–Trinajstić information content (AvgIpc) is 2.45. The summed E-state index contributed by atoms with van der Waals surface area (Å²) in [7, 11) is 1.60. The van der Waals surface area contributed by atoms with Gasteiger partial charge in [-0.05, 0) is 36.4 Å². The Bertz CT molecular complexity index is 646. The molecular formula is C16H12O3. The molecule has 94 valence electrons. The highest BCUT2D eigenvalue weighted by Gasteiger charge is 2.00. The Labute approximate surface area is 111 Å². The van der Waals surface area contributed by atoms with Crippen LogP contribution in [0.25, 0.3) is 0 Å². The van der Waals surface area contributed by atoms with E-state index < -0.39 is 5.97 Å². The van der Waals surface area contributed by atoms with E-state index in [4.69, 9.17) is 9.84 Å². The number of para-hydroxylation sites is 1. The van der Waals surface area contributed by atoms with Crippen LogP contribution in [0, 0.1) is 11.8 Å². The van der Waals surface area contributed by atoms with E-state index in [1.165, 1.54) is 12.1 Å². The van der Waals surface area contributed by atoms with Crippen molar-refractivity contribution in [3.05, 3.63) is 65.2 Å². The summed E-state index contributed by atoms with van der Waals surface area (Å²) in [4.78, 5) is 10.7. The Balaban J connectivity index is 2.26. The number of hydrogen-bond donors (Lipinski definition) is 1. The Kier molecular flexibility index (Phi) is 3.84. The van der Waals surface area contributed by atoms with E-state index in [2.05, 4.69) is 11.8 Å². The van der Waals surface area contributed by atoms with Gasteiger partial charge in [0.2, 0.25) is 0 Å². The van der Waals surface area contributed by atoms with Crippen molar-refractivity contribution in [2.75, 3.05) is 7.11 Å². The lowest BCUT2D eigenvalue weighted by Crippen LogP contribution is -1.94. The van der Waals surface area contributed by atoms with Crippen molar-refractivity contribution in [1.29, 1.82) is 0 Å². The van der Waals surface area contributed by atoms with Crippen molar-refractivity contribution >= 4 is 5.97 Å². The molecule has 0 amide bonds. The van der Waals surface area contributed by atoms with Gasteiger partial charge in [0, 0.05) is 5.56 Å². The summed E-state index contributed by atoms with van der Waals surface area (Å²) < 4.78 is 5.20. The summed E-state index contributed by atoms with van der Waals surface area (Å²) >= 11 is 0. The fourth-order valence-electron chi connectivity index (χ4n) is 1.58. The molecule has 0 aliphatic heterocycles. The van der Waals surface area contributed by atoms with E-state index in [9.17, 15) is 4.79 Å². The number of benzene rings is 2. The van der Waals surface area contributed by atoms with Gasteiger partial charge >= 0.3 is 5.97 Å². The number of rotatable bonds is 2. The van der Waals surface area contributed by atoms with E-state index in [0.717, 1.165) is 16.9 Å².